The second-order valence-electron chi connectivity index (χ2n) is 7.81. The normalized spacial score (nSPS) is 18.2. The van der Waals surface area contributed by atoms with Crippen LogP contribution in [0.4, 0.5) is 0 Å². The standard InChI is InChI=1S/C19H35N5O/c1-14(17-15(2)23-25-16(17)3)12-21-18(20-6)22-13-19(4,5)24-10-8-7-9-11-24/h14H,7-13H2,1-6H3,(H2,20,21,22). The second-order valence-corrected chi connectivity index (χ2v) is 7.81. The molecule has 1 aromatic heterocycles. The van der Waals surface area contributed by atoms with Gasteiger partial charge >= 0.3 is 0 Å². The van der Waals surface area contributed by atoms with Gasteiger partial charge in [-0.2, -0.15) is 0 Å². The predicted molar refractivity (Wildman–Crippen MR) is 103 cm³/mol. The zero-order valence-corrected chi connectivity index (χ0v) is 16.8. The number of likely N-dealkylation sites (tertiary alicyclic amines) is 1. The van der Waals surface area contributed by atoms with E-state index in [9.17, 15) is 0 Å². The van der Waals surface area contributed by atoms with Crippen LogP contribution in [0.5, 0.6) is 0 Å². The molecular formula is C19H35N5O. The van der Waals surface area contributed by atoms with Crippen molar-refractivity contribution in [3.05, 3.63) is 17.0 Å². The lowest BCUT2D eigenvalue weighted by molar-refractivity contribution is 0.0982. The molecule has 1 aliphatic rings. The van der Waals surface area contributed by atoms with E-state index in [0.29, 0.717) is 5.92 Å². The van der Waals surface area contributed by atoms with E-state index in [2.05, 4.69) is 46.5 Å². The highest BCUT2D eigenvalue weighted by Gasteiger charge is 2.28. The molecule has 0 amide bonds. The molecule has 1 saturated heterocycles. The predicted octanol–water partition coefficient (Wildman–Crippen LogP) is 2.82. The Hall–Kier alpha value is -1.56. The van der Waals surface area contributed by atoms with Gasteiger partial charge in [0.05, 0.1) is 5.69 Å². The number of piperidine rings is 1. The van der Waals surface area contributed by atoms with Crippen LogP contribution in [0.25, 0.3) is 0 Å². The van der Waals surface area contributed by atoms with Gasteiger partial charge in [-0.3, -0.25) is 9.89 Å². The summed E-state index contributed by atoms with van der Waals surface area (Å²) < 4.78 is 5.28. The molecule has 142 valence electrons. The zero-order valence-electron chi connectivity index (χ0n) is 16.8. The Morgan fingerprint density at radius 3 is 2.48 bits per heavy atom. The van der Waals surface area contributed by atoms with Crippen molar-refractivity contribution in [2.24, 2.45) is 4.99 Å². The number of nitrogens with zero attached hydrogens (tertiary/aromatic N) is 3. The highest BCUT2D eigenvalue weighted by molar-refractivity contribution is 5.79. The number of aryl methyl sites for hydroxylation is 2. The highest BCUT2D eigenvalue weighted by atomic mass is 16.5. The van der Waals surface area contributed by atoms with E-state index < -0.39 is 0 Å². The summed E-state index contributed by atoms with van der Waals surface area (Å²) in [7, 11) is 1.82. The quantitative estimate of drug-likeness (QED) is 0.611. The van der Waals surface area contributed by atoms with Gasteiger partial charge < -0.3 is 15.2 Å². The van der Waals surface area contributed by atoms with Crippen LogP contribution < -0.4 is 10.6 Å². The molecule has 0 aliphatic carbocycles. The lowest BCUT2D eigenvalue weighted by Crippen LogP contribution is -2.55. The van der Waals surface area contributed by atoms with Gasteiger partial charge in [-0.05, 0) is 53.6 Å². The molecular weight excluding hydrogens is 314 g/mol. The van der Waals surface area contributed by atoms with Gasteiger partial charge in [-0.1, -0.05) is 18.5 Å². The first-order valence-electron chi connectivity index (χ1n) is 9.47. The number of aliphatic imine (C=N–C) groups is 1. The summed E-state index contributed by atoms with van der Waals surface area (Å²) in [5.41, 5.74) is 2.29. The first-order chi connectivity index (χ1) is 11.8. The summed E-state index contributed by atoms with van der Waals surface area (Å²) in [6.07, 6.45) is 3.99. The summed E-state index contributed by atoms with van der Waals surface area (Å²) >= 11 is 0. The maximum absolute atomic E-state index is 5.28. The van der Waals surface area contributed by atoms with Crippen molar-refractivity contribution < 1.29 is 4.52 Å². The molecule has 1 unspecified atom stereocenters. The van der Waals surface area contributed by atoms with Crippen molar-refractivity contribution in [3.8, 4) is 0 Å². The summed E-state index contributed by atoms with van der Waals surface area (Å²) in [6, 6.07) is 0. The summed E-state index contributed by atoms with van der Waals surface area (Å²) in [5, 5.41) is 11.0. The Morgan fingerprint density at radius 1 is 1.24 bits per heavy atom. The minimum atomic E-state index is 0.130. The number of guanidine groups is 1. The van der Waals surface area contributed by atoms with E-state index in [4.69, 9.17) is 4.52 Å². The van der Waals surface area contributed by atoms with Crippen molar-refractivity contribution in [1.29, 1.82) is 0 Å². The third-order valence-electron chi connectivity index (χ3n) is 5.28. The molecule has 0 bridgehead atoms. The molecule has 6 nitrogen and oxygen atoms in total. The lowest BCUT2D eigenvalue weighted by Gasteiger charge is -2.41. The Balaban J connectivity index is 1.84. The number of aromatic nitrogens is 1. The van der Waals surface area contributed by atoms with E-state index in [-0.39, 0.29) is 5.54 Å². The zero-order chi connectivity index (χ0) is 18.4. The highest BCUT2D eigenvalue weighted by Crippen LogP contribution is 2.22. The number of nitrogens with one attached hydrogen (secondary N) is 2. The fourth-order valence-corrected chi connectivity index (χ4v) is 3.68. The molecule has 1 aliphatic heterocycles. The van der Waals surface area contributed by atoms with Crippen molar-refractivity contribution in [2.75, 3.05) is 33.2 Å². The number of hydrogen-bond donors (Lipinski definition) is 2. The number of rotatable bonds is 6. The number of hydrogen-bond acceptors (Lipinski definition) is 4. The van der Waals surface area contributed by atoms with E-state index in [1.807, 2.05) is 20.9 Å². The molecule has 1 fully saturated rings. The average Bonchev–Trinajstić information content (AvgIpc) is 2.94. The minimum absolute atomic E-state index is 0.130. The molecule has 0 spiro atoms. The Kier molecular flexibility index (Phi) is 6.87. The van der Waals surface area contributed by atoms with E-state index in [1.165, 1.54) is 37.9 Å². The molecule has 25 heavy (non-hydrogen) atoms. The maximum Gasteiger partial charge on any atom is 0.191 e. The van der Waals surface area contributed by atoms with Gasteiger partial charge in [-0.25, -0.2) is 0 Å². The first-order valence-corrected chi connectivity index (χ1v) is 9.47. The van der Waals surface area contributed by atoms with Crippen LogP contribution in [0.3, 0.4) is 0 Å². The monoisotopic (exact) mass is 349 g/mol. The van der Waals surface area contributed by atoms with Gasteiger partial charge in [0.15, 0.2) is 5.96 Å². The Morgan fingerprint density at radius 2 is 1.92 bits per heavy atom. The SMILES string of the molecule is CN=C(NCC(C)c1c(C)noc1C)NCC(C)(C)N1CCCCC1. The van der Waals surface area contributed by atoms with Crippen molar-refractivity contribution in [2.45, 2.75) is 65.3 Å². The molecule has 0 radical (unpaired) electrons. The van der Waals surface area contributed by atoms with E-state index >= 15 is 0 Å². The lowest BCUT2D eigenvalue weighted by atomic mass is 9.98. The molecule has 2 rings (SSSR count). The topological polar surface area (TPSA) is 65.7 Å². The summed E-state index contributed by atoms with van der Waals surface area (Å²) in [4.78, 5) is 6.96. The van der Waals surface area contributed by atoms with Crippen LogP contribution >= 0.6 is 0 Å². The molecule has 0 aromatic carbocycles. The maximum atomic E-state index is 5.28. The van der Waals surface area contributed by atoms with Crippen LogP contribution in [0, 0.1) is 13.8 Å². The fourth-order valence-electron chi connectivity index (χ4n) is 3.68. The minimum Gasteiger partial charge on any atom is -0.361 e. The average molecular weight is 350 g/mol. The molecule has 6 heteroatoms. The van der Waals surface area contributed by atoms with Gasteiger partial charge in [-0.15, -0.1) is 0 Å². The summed E-state index contributed by atoms with van der Waals surface area (Å²) in [6.45, 7) is 14.9. The third kappa shape index (κ3) is 5.21. The van der Waals surface area contributed by atoms with E-state index in [0.717, 1.165) is 30.5 Å². The smallest absolute Gasteiger partial charge is 0.191 e. The van der Waals surface area contributed by atoms with Gasteiger partial charge in [0.2, 0.25) is 0 Å². The van der Waals surface area contributed by atoms with Crippen LogP contribution in [-0.2, 0) is 0 Å². The molecule has 1 aromatic rings. The summed E-state index contributed by atoms with van der Waals surface area (Å²) in [5.74, 6) is 2.07. The molecule has 0 saturated carbocycles. The van der Waals surface area contributed by atoms with Gasteiger partial charge in [0, 0.05) is 37.2 Å². The van der Waals surface area contributed by atoms with Crippen molar-refractivity contribution >= 4 is 5.96 Å². The van der Waals surface area contributed by atoms with Gasteiger partial charge in [0.1, 0.15) is 5.76 Å². The van der Waals surface area contributed by atoms with Crippen LogP contribution in [0.15, 0.2) is 9.52 Å². The molecule has 2 heterocycles. The van der Waals surface area contributed by atoms with Crippen molar-refractivity contribution in [1.82, 2.24) is 20.7 Å². The van der Waals surface area contributed by atoms with Crippen LogP contribution in [0.2, 0.25) is 0 Å². The largest absolute Gasteiger partial charge is 0.361 e. The Bertz CT molecular complexity index is 553. The van der Waals surface area contributed by atoms with Crippen LogP contribution in [0.1, 0.15) is 63.0 Å². The Labute approximate surface area is 152 Å². The fraction of sp³-hybridized carbons (Fsp3) is 0.789. The molecule has 2 N–H and O–H groups in total. The third-order valence-corrected chi connectivity index (χ3v) is 5.28. The van der Waals surface area contributed by atoms with Crippen LogP contribution in [-0.4, -0.2) is 54.8 Å². The molecule has 1 atom stereocenters. The van der Waals surface area contributed by atoms with E-state index in [1.54, 1.807) is 0 Å². The first kappa shape index (κ1) is 19.8. The van der Waals surface area contributed by atoms with Gasteiger partial charge in [0.25, 0.3) is 0 Å². The second kappa shape index (κ2) is 8.70. The van der Waals surface area contributed by atoms with Crippen molar-refractivity contribution in [3.63, 3.8) is 0 Å².